The van der Waals surface area contributed by atoms with Crippen molar-refractivity contribution in [3.8, 4) is 22.5 Å². The Hall–Kier alpha value is -4.26. The summed E-state index contributed by atoms with van der Waals surface area (Å²) in [6.45, 7) is 3.26. The van der Waals surface area contributed by atoms with Gasteiger partial charge in [-0.15, -0.1) is 0 Å². The average Bonchev–Trinajstić information content (AvgIpc) is 3.61. The number of aromatic amines is 2. The van der Waals surface area contributed by atoms with E-state index in [-0.39, 0.29) is 0 Å². The van der Waals surface area contributed by atoms with Crippen molar-refractivity contribution < 1.29 is 0 Å². The number of hydrogen-bond acceptors (Lipinski definition) is 2. The fourth-order valence-corrected chi connectivity index (χ4v) is 6.59. The molecule has 3 heterocycles. The molecule has 1 fully saturated rings. The van der Waals surface area contributed by atoms with Gasteiger partial charge in [0.1, 0.15) is 9.98 Å². The molecular weight excluding hydrogens is 529 g/mol. The second kappa shape index (κ2) is 10.4. The average molecular weight is 557 g/mol. The summed E-state index contributed by atoms with van der Waals surface area (Å²) >= 11 is 12.4. The van der Waals surface area contributed by atoms with Crippen molar-refractivity contribution >= 4 is 56.2 Å². The Morgan fingerprint density at radius 1 is 0.475 bits per heavy atom. The van der Waals surface area contributed by atoms with Gasteiger partial charge >= 0.3 is 0 Å². The lowest BCUT2D eigenvalue weighted by Crippen LogP contribution is -2.50. The summed E-state index contributed by atoms with van der Waals surface area (Å²) < 4.78 is 0. The van der Waals surface area contributed by atoms with E-state index in [1.165, 1.54) is 0 Å². The highest BCUT2D eigenvalue weighted by Gasteiger charge is 2.28. The minimum atomic E-state index is 0.815. The van der Waals surface area contributed by atoms with Crippen molar-refractivity contribution in [2.45, 2.75) is 0 Å². The molecule has 0 saturated carbocycles. The van der Waals surface area contributed by atoms with Crippen LogP contribution in [-0.2, 0) is 0 Å². The molecule has 0 spiro atoms. The van der Waals surface area contributed by atoms with E-state index in [1.807, 2.05) is 12.1 Å². The van der Waals surface area contributed by atoms with Crippen LogP contribution in [0.15, 0.2) is 109 Å². The Morgan fingerprint density at radius 2 is 0.825 bits per heavy atom. The van der Waals surface area contributed by atoms with Gasteiger partial charge in [-0.25, -0.2) is 0 Å². The normalized spacial score (nSPS) is 13.7. The van der Waals surface area contributed by atoms with Crippen LogP contribution in [0.1, 0.15) is 11.1 Å². The van der Waals surface area contributed by atoms with E-state index >= 15 is 0 Å². The van der Waals surface area contributed by atoms with Gasteiger partial charge in [-0.1, -0.05) is 121 Å². The Balaban J connectivity index is 1.17. The number of para-hydroxylation sites is 2. The van der Waals surface area contributed by atoms with Crippen molar-refractivity contribution in [2.24, 2.45) is 0 Å². The fourth-order valence-electron chi connectivity index (χ4n) is 5.80. The number of hydrogen-bond donors (Lipinski definition) is 2. The minimum absolute atomic E-state index is 0.815. The lowest BCUT2D eigenvalue weighted by Gasteiger charge is -2.38. The molecule has 0 bridgehead atoms. The summed E-state index contributed by atoms with van der Waals surface area (Å²) in [6.07, 6.45) is 0. The number of H-pyrrole nitrogens is 2. The molecule has 4 aromatic carbocycles. The van der Waals surface area contributed by atoms with Gasteiger partial charge in [-0.2, -0.15) is 0 Å². The van der Waals surface area contributed by atoms with Crippen molar-refractivity contribution in [2.75, 3.05) is 26.2 Å². The number of nitrogens with one attached hydrogen (secondary N) is 2. The highest BCUT2D eigenvalue weighted by molar-refractivity contribution is 7.81. The molecular formula is C34H28N4S2. The monoisotopic (exact) mass is 556 g/mol. The van der Waals surface area contributed by atoms with E-state index in [0.717, 1.165) is 91.6 Å². The van der Waals surface area contributed by atoms with Crippen LogP contribution in [-0.4, -0.2) is 55.9 Å². The van der Waals surface area contributed by atoms with Crippen molar-refractivity contribution in [1.29, 1.82) is 0 Å². The van der Waals surface area contributed by atoms with E-state index in [1.54, 1.807) is 0 Å². The fraction of sp³-hybridized carbons (Fsp3) is 0.118. The maximum absolute atomic E-state index is 6.19. The smallest absolute Gasteiger partial charge is 0.112 e. The van der Waals surface area contributed by atoms with Crippen LogP contribution in [0.25, 0.3) is 44.3 Å². The molecule has 0 radical (unpaired) electrons. The molecule has 2 aromatic heterocycles. The molecule has 6 heteroatoms. The number of fused-ring (bicyclic) bond motifs is 2. The van der Waals surface area contributed by atoms with E-state index in [0.29, 0.717) is 0 Å². The van der Waals surface area contributed by atoms with Crippen LogP contribution in [0.3, 0.4) is 0 Å². The largest absolute Gasteiger partial charge is 0.359 e. The zero-order valence-electron chi connectivity index (χ0n) is 21.9. The van der Waals surface area contributed by atoms with Crippen molar-refractivity contribution in [1.82, 2.24) is 19.8 Å². The van der Waals surface area contributed by atoms with Gasteiger partial charge in [0.15, 0.2) is 0 Å². The molecule has 7 rings (SSSR count). The molecule has 6 aromatic rings. The molecule has 0 aliphatic carbocycles. The highest BCUT2D eigenvalue weighted by Crippen LogP contribution is 2.34. The summed E-state index contributed by atoms with van der Waals surface area (Å²) in [7, 11) is 0. The van der Waals surface area contributed by atoms with Gasteiger partial charge in [0, 0.05) is 59.1 Å². The topological polar surface area (TPSA) is 38.1 Å². The molecule has 1 aliphatic heterocycles. The summed E-state index contributed by atoms with van der Waals surface area (Å²) in [5.74, 6) is 0. The van der Waals surface area contributed by atoms with Crippen LogP contribution in [0.2, 0.25) is 0 Å². The molecule has 1 saturated heterocycles. The van der Waals surface area contributed by atoms with Gasteiger partial charge in [-0.05, 0) is 23.3 Å². The van der Waals surface area contributed by atoms with Crippen LogP contribution < -0.4 is 0 Å². The number of thiocarbonyl (C=S) groups is 2. The van der Waals surface area contributed by atoms with Gasteiger partial charge in [0.05, 0.1) is 11.4 Å². The summed E-state index contributed by atoms with van der Waals surface area (Å²) in [4.78, 5) is 13.7. The molecule has 1 aliphatic rings. The number of piperazine rings is 1. The molecule has 0 amide bonds. The second-order valence-electron chi connectivity index (χ2n) is 10.2. The third-order valence-corrected chi connectivity index (χ3v) is 8.74. The zero-order valence-corrected chi connectivity index (χ0v) is 23.6. The van der Waals surface area contributed by atoms with E-state index in [2.05, 4.69) is 117 Å². The van der Waals surface area contributed by atoms with Gasteiger partial charge in [0.2, 0.25) is 0 Å². The van der Waals surface area contributed by atoms with Crippen LogP contribution in [0, 0.1) is 0 Å². The zero-order chi connectivity index (χ0) is 27.1. The third-order valence-electron chi connectivity index (χ3n) is 7.82. The first kappa shape index (κ1) is 24.8. The maximum atomic E-state index is 6.19. The lowest BCUT2D eigenvalue weighted by molar-refractivity contribution is 0.265. The maximum Gasteiger partial charge on any atom is 0.112 e. The Morgan fingerprint density at radius 3 is 1.23 bits per heavy atom. The van der Waals surface area contributed by atoms with Gasteiger partial charge < -0.3 is 19.8 Å². The third kappa shape index (κ3) is 4.30. The van der Waals surface area contributed by atoms with Gasteiger partial charge in [0.25, 0.3) is 0 Å². The Bertz CT molecular complexity index is 1710. The first-order chi connectivity index (χ1) is 19.7. The van der Waals surface area contributed by atoms with E-state index < -0.39 is 0 Å². The Labute approximate surface area is 244 Å². The summed E-state index contributed by atoms with van der Waals surface area (Å²) in [5.41, 5.74) is 8.86. The molecule has 196 valence electrons. The SMILES string of the molecule is S=C(c1c(-c2ccccc2)[nH]c2ccccc12)N1CCN(C(=S)c2c(-c3ccccc3)[nH]c3ccccc23)CC1. The molecule has 4 nitrogen and oxygen atoms in total. The Kier molecular flexibility index (Phi) is 6.42. The number of benzene rings is 4. The summed E-state index contributed by atoms with van der Waals surface area (Å²) in [6, 6.07) is 37.8. The summed E-state index contributed by atoms with van der Waals surface area (Å²) in [5, 5.41) is 2.33. The molecule has 40 heavy (non-hydrogen) atoms. The van der Waals surface area contributed by atoms with Crippen LogP contribution in [0.4, 0.5) is 0 Å². The molecule has 2 N–H and O–H groups in total. The van der Waals surface area contributed by atoms with Crippen molar-refractivity contribution in [3.63, 3.8) is 0 Å². The number of aromatic nitrogens is 2. The first-order valence-electron chi connectivity index (χ1n) is 13.6. The van der Waals surface area contributed by atoms with E-state index in [9.17, 15) is 0 Å². The van der Waals surface area contributed by atoms with E-state index in [4.69, 9.17) is 24.4 Å². The predicted molar refractivity (Wildman–Crippen MR) is 174 cm³/mol. The van der Waals surface area contributed by atoms with Crippen LogP contribution in [0.5, 0.6) is 0 Å². The van der Waals surface area contributed by atoms with Crippen molar-refractivity contribution in [3.05, 3.63) is 120 Å². The van der Waals surface area contributed by atoms with Gasteiger partial charge in [-0.3, -0.25) is 0 Å². The minimum Gasteiger partial charge on any atom is -0.359 e. The standard InChI is InChI=1S/C34H28N4S2/c39-33(29-25-15-7-9-17-27(25)35-31(29)23-11-3-1-4-12-23)37-19-21-38(22-20-37)34(40)30-26-16-8-10-18-28(26)36-32(30)24-13-5-2-6-14-24/h1-18,35-36H,19-22H2. The van der Waals surface area contributed by atoms with Crippen LogP contribution >= 0.6 is 24.4 Å². The molecule has 0 unspecified atom stereocenters. The second-order valence-corrected chi connectivity index (χ2v) is 10.9. The highest BCUT2D eigenvalue weighted by atomic mass is 32.1. The predicted octanol–water partition coefficient (Wildman–Crippen LogP) is 7.65. The first-order valence-corrected chi connectivity index (χ1v) is 14.4. The lowest BCUT2D eigenvalue weighted by atomic mass is 10.0. The number of nitrogens with zero attached hydrogens (tertiary/aromatic N) is 2. The molecule has 0 atom stereocenters. The quantitative estimate of drug-likeness (QED) is 0.219. The number of rotatable bonds is 4.